The van der Waals surface area contributed by atoms with Gasteiger partial charge in [-0.05, 0) is 70.1 Å². The Bertz CT molecular complexity index is 1860. The van der Waals surface area contributed by atoms with Crippen molar-refractivity contribution in [2.75, 3.05) is 4.90 Å². The number of nitrogens with zero attached hydrogens (tertiary/aromatic N) is 2. The predicted octanol–water partition coefficient (Wildman–Crippen LogP) is 9.11. The molecule has 0 saturated heterocycles. The second kappa shape index (κ2) is 7.75. The van der Waals surface area contributed by atoms with Crippen molar-refractivity contribution < 1.29 is 0 Å². The van der Waals surface area contributed by atoms with E-state index in [0.29, 0.717) is 0 Å². The smallest absolute Gasteiger partial charge is 0.0561 e. The van der Waals surface area contributed by atoms with Crippen LogP contribution in [0.4, 0.5) is 17.1 Å². The van der Waals surface area contributed by atoms with Crippen LogP contribution in [0.25, 0.3) is 43.4 Å². The van der Waals surface area contributed by atoms with Gasteiger partial charge in [0.1, 0.15) is 0 Å². The standard InChI is InChI=1S/C33H24N2/c1-34-30-16-9-17-31(33(30)29-21-25-12-7-8-13-26(25)22-32(29)34)35(27-14-3-2-4-15-27)28-19-18-23-10-5-6-11-24(23)20-28/h2-22H,1H3. The first-order valence-corrected chi connectivity index (χ1v) is 12.0. The van der Waals surface area contributed by atoms with E-state index < -0.39 is 0 Å². The summed E-state index contributed by atoms with van der Waals surface area (Å²) in [5.74, 6) is 0. The highest BCUT2D eigenvalue weighted by Gasteiger charge is 2.19. The summed E-state index contributed by atoms with van der Waals surface area (Å²) < 4.78 is 2.32. The van der Waals surface area contributed by atoms with Crippen LogP contribution in [0.1, 0.15) is 0 Å². The molecule has 0 N–H and O–H groups in total. The van der Waals surface area contributed by atoms with Gasteiger partial charge in [-0.2, -0.15) is 0 Å². The second-order valence-electron chi connectivity index (χ2n) is 9.15. The Kier molecular flexibility index (Phi) is 4.40. The summed E-state index contributed by atoms with van der Waals surface area (Å²) in [6.45, 7) is 0. The van der Waals surface area contributed by atoms with Gasteiger partial charge in [0.05, 0.1) is 11.2 Å². The number of hydrogen-bond acceptors (Lipinski definition) is 1. The number of aryl methyl sites for hydroxylation is 1. The van der Waals surface area contributed by atoms with Crippen molar-refractivity contribution in [3.05, 3.63) is 127 Å². The number of para-hydroxylation sites is 1. The third-order valence-electron chi connectivity index (χ3n) is 7.12. The van der Waals surface area contributed by atoms with Crippen LogP contribution in [-0.2, 0) is 7.05 Å². The molecule has 0 radical (unpaired) electrons. The largest absolute Gasteiger partial charge is 0.344 e. The summed E-state index contributed by atoms with van der Waals surface area (Å²) in [5, 5.41) is 7.56. The summed E-state index contributed by atoms with van der Waals surface area (Å²) in [4.78, 5) is 2.39. The van der Waals surface area contributed by atoms with Crippen molar-refractivity contribution in [3.63, 3.8) is 0 Å². The van der Waals surface area contributed by atoms with Gasteiger partial charge in [0, 0.05) is 34.7 Å². The fourth-order valence-electron chi connectivity index (χ4n) is 5.43. The summed E-state index contributed by atoms with van der Waals surface area (Å²) in [7, 11) is 2.17. The molecule has 1 heterocycles. The number of aromatic nitrogens is 1. The van der Waals surface area contributed by atoms with E-state index in [0.717, 1.165) is 11.4 Å². The quantitative estimate of drug-likeness (QED) is 0.262. The normalized spacial score (nSPS) is 11.6. The number of fused-ring (bicyclic) bond motifs is 5. The molecule has 6 aromatic carbocycles. The molecular formula is C33H24N2. The van der Waals surface area contributed by atoms with Gasteiger partial charge < -0.3 is 9.47 Å². The van der Waals surface area contributed by atoms with Crippen molar-refractivity contribution in [1.29, 1.82) is 0 Å². The fourth-order valence-corrected chi connectivity index (χ4v) is 5.43. The van der Waals surface area contributed by atoms with Gasteiger partial charge in [0.15, 0.2) is 0 Å². The van der Waals surface area contributed by atoms with Crippen LogP contribution in [0, 0.1) is 0 Å². The number of rotatable bonds is 3. The summed E-state index contributed by atoms with van der Waals surface area (Å²) >= 11 is 0. The third kappa shape index (κ3) is 3.11. The van der Waals surface area contributed by atoms with Crippen LogP contribution in [0.15, 0.2) is 127 Å². The van der Waals surface area contributed by atoms with Gasteiger partial charge in [-0.25, -0.2) is 0 Å². The molecule has 0 aliphatic heterocycles. The number of anilines is 3. The molecule has 166 valence electrons. The van der Waals surface area contributed by atoms with Gasteiger partial charge in [0.25, 0.3) is 0 Å². The SMILES string of the molecule is Cn1c2cc3ccccc3cc2c2c(N(c3ccccc3)c3ccc4ccccc4c3)cccc21. The van der Waals surface area contributed by atoms with Gasteiger partial charge in [0.2, 0.25) is 0 Å². The highest BCUT2D eigenvalue weighted by Crippen LogP contribution is 2.43. The van der Waals surface area contributed by atoms with E-state index in [1.807, 2.05) is 0 Å². The van der Waals surface area contributed by atoms with Crippen molar-refractivity contribution >= 4 is 60.4 Å². The summed E-state index contributed by atoms with van der Waals surface area (Å²) in [5.41, 5.74) is 5.96. The zero-order valence-electron chi connectivity index (χ0n) is 19.5. The predicted molar refractivity (Wildman–Crippen MR) is 150 cm³/mol. The average molecular weight is 449 g/mol. The van der Waals surface area contributed by atoms with Crippen molar-refractivity contribution in [2.45, 2.75) is 0 Å². The Morgan fingerprint density at radius 2 is 1.14 bits per heavy atom. The van der Waals surface area contributed by atoms with E-state index in [2.05, 4.69) is 144 Å². The molecule has 7 rings (SSSR count). The molecule has 0 amide bonds. The summed E-state index contributed by atoms with van der Waals surface area (Å²) in [6, 6.07) is 45.9. The van der Waals surface area contributed by atoms with E-state index in [-0.39, 0.29) is 0 Å². The topological polar surface area (TPSA) is 8.17 Å². The lowest BCUT2D eigenvalue weighted by atomic mass is 10.0. The first-order valence-electron chi connectivity index (χ1n) is 12.0. The number of hydrogen-bond donors (Lipinski definition) is 0. The third-order valence-corrected chi connectivity index (χ3v) is 7.12. The van der Waals surface area contributed by atoms with Crippen molar-refractivity contribution in [1.82, 2.24) is 4.57 Å². The van der Waals surface area contributed by atoms with E-state index >= 15 is 0 Å². The zero-order chi connectivity index (χ0) is 23.4. The van der Waals surface area contributed by atoms with Crippen LogP contribution in [0.3, 0.4) is 0 Å². The van der Waals surface area contributed by atoms with Crippen molar-refractivity contribution in [3.8, 4) is 0 Å². The monoisotopic (exact) mass is 448 g/mol. The van der Waals surface area contributed by atoms with Crippen LogP contribution in [0.2, 0.25) is 0 Å². The minimum absolute atomic E-state index is 1.15. The molecular weight excluding hydrogens is 424 g/mol. The summed E-state index contributed by atoms with van der Waals surface area (Å²) in [6.07, 6.45) is 0. The van der Waals surface area contributed by atoms with E-state index in [1.54, 1.807) is 0 Å². The molecule has 0 atom stereocenters. The molecule has 35 heavy (non-hydrogen) atoms. The Morgan fingerprint density at radius 1 is 0.486 bits per heavy atom. The lowest BCUT2D eigenvalue weighted by molar-refractivity contribution is 1.01. The van der Waals surface area contributed by atoms with Crippen LogP contribution >= 0.6 is 0 Å². The Hall–Kier alpha value is -4.56. The molecule has 2 nitrogen and oxygen atoms in total. The van der Waals surface area contributed by atoms with E-state index in [1.165, 1.54) is 49.0 Å². The average Bonchev–Trinajstić information content (AvgIpc) is 3.20. The van der Waals surface area contributed by atoms with Crippen LogP contribution in [-0.4, -0.2) is 4.57 Å². The molecule has 0 aliphatic carbocycles. The lowest BCUT2D eigenvalue weighted by Crippen LogP contribution is -2.10. The first kappa shape index (κ1) is 19.9. The molecule has 0 fully saturated rings. The maximum absolute atomic E-state index is 2.39. The minimum atomic E-state index is 1.15. The van der Waals surface area contributed by atoms with E-state index in [4.69, 9.17) is 0 Å². The van der Waals surface area contributed by atoms with Gasteiger partial charge in [-0.1, -0.05) is 78.9 Å². The van der Waals surface area contributed by atoms with Gasteiger partial charge >= 0.3 is 0 Å². The van der Waals surface area contributed by atoms with Gasteiger partial charge in [-0.15, -0.1) is 0 Å². The zero-order valence-corrected chi connectivity index (χ0v) is 19.5. The fraction of sp³-hybridized carbons (Fsp3) is 0.0303. The maximum atomic E-state index is 2.39. The number of benzene rings is 6. The van der Waals surface area contributed by atoms with Crippen molar-refractivity contribution in [2.24, 2.45) is 7.05 Å². The highest BCUT2D eigenvalue weighted by molar-refractivity contribution is 6.18. The van der Waals surface area contributed by atoms with Crippen LogP contribution in [0.5, 0.6) is 0 Å². The maximum Gasteiger partial charge on any atom is 0.0561 e. The first-order chi connectivity index (χ1) is 17.3. The van der Waals surface area contributed by atoms with Gasteiger partial charge in [-0.3, -0.25) is 0 Å². The highest BCUT2D eigenvalue weighted by atomic mass is 15.1. The Balaban J connectivity index is 1.58. The molecule has 0 spiro atoms. The Morgan fingerprint density at radius 3 is 1.91 bits per heavy atom. The minimum Gasteiger partial charge on any atom is -0.344 e. The molecule has 0 aliphatic rings. The van der Waals surface area contributed by atoms with Crippen LogP contribution < -0.4 is 4.90 Å². The molecule has 2 heteroatoms. The second-order valence-corrected chi connectivity index (χ2v) is 9.15. The molecule has 1 aromatic heterocycles. The van der Waals surface area contributed by atoms with E-state index in [9.17, 15) is 0 Å². The molecule has 0 bridgehead atoms. The lowest BCUT2D eigenvalue weighted by Gasteiger charge is -2.26. The molecule has 7 aromatic rings. The molecule has 0 saturated carbocycles. The Labute approximate surface area is 204 Å². The molecule has 0 unspecified atom stereocenters.